The molecule has 1 rings (SSSR count). The molecule has 0 spiro atoms. The lowest BCUT2D eigenvalue weighted by atomic mass is 10.2. The number of nitrogens with zero attached hydrogens (tertiary/aromatic N) is 1. The van der Waals surface area contributed by atoms with Gasteiger partial charge in [0.2, 0.25) is 0 Å². The Kier molecular flexibility index (Phi) is 4.56. The van der Waals surface area contributed by atoms with Crippen LogP contribution in [-0.2, 0) is 4.74 Å². The molecular weight excluding hydrogens is 178 g/mol. The lowest BCUT2D eigenvalue weighted by Crippen LogP contribution is -2.09. The van der Waals surface area contributed by atoms with Crippen LogP contribution < -0.4 is 0 Å². The quantitative estimate of drug-likeness (QED) is 0.729. The molecule has 0 bridgehead atoms. The molecule has 0 aliphatic carbocycles. The minimum absolute atomic E-state index is 0.324. The predicted molar refractivity (Wildman–Crippen MR) is 55.0 cm³/mol. The van der Waals surface area contributed by atoms with Gasteiger partial charge < -0.3 is 9.84 Å². The zero-order chi connectivity index (χ0) is 10.4. The Morgan fingerprint density at radius 2 is 2.36 bits per heavy atom. The normalized spacial score (nSPS) is 12.8. The number of aliphatic hydroxyl groups is 1. The maximum absolute atomic E-state index is 9.68. The van der Waals surface area contributed by atoms with Crippen LogP contribution in [0.3, 0.4) is 0 Å². The Morgan fingerprint density at radius 3 is 3.00 bits per heavy atom. The highest BCUT2D eigenvalue weighted by molar-refractivity contribution is 5.16. The summed E-state index contributed by atoms with van der Waals surface area (Å²) in [5.74, 6) is 0. The first-order valence-electron chi connectivity index (χ1n) is 4.92. The minimum atomic E-state index is -0.610. The second-order valence-electron chi connectivity index (χ2n) is 3.35. The van der Waals surface area contributed by atoms with Crippen LogP contribution >= 0.6 is 0 Å². The molecule has 3 heteroatoms. The molecule has 78 valence electrons. The largest absolute Gasteiger partial charge is 0.384 e. The first-order valence-corrected chi connectivity index (χ1v) is 4.92. The number of rotatable bonds is 5. The first kappa shape index (κ1) is 11.1. The summed E-state index contributed by atoms with van der Waals surface area (Å²) in [6.45, 7) is 5.02. The SMILES string of the molecule is CCCOCC(O)c1cc(C)ccn1. The molecule has 1 aromatic heterocycles. The average Bonchev–Trinajstić information content (AvgIpc) is 2.18. The van der Waals surface area contributed by atoms with Gasteiger partial charge in [-0.3, -0.25) is 4.98 Å². The van der Waals surface area contributed by atoms with E-state index in [-0.39, 0.29) is 0 Å². The molecule has 0 aromatic carbocycles. The number of aryl methyl sites for hydroxylation is 1. The van der Waals surface area contributed by atoms with Crippen LogP contribution in [0.1, 0.15) is 30.7 Å². The number of aromatic nitrogens is 1. The van der Waals surface area contributed by atoms with E-state index < -0.39 is 6.10 Å². The summed E-state index contributed by atoms with van der Waals surface area (Å²) in [4.78, 5) is 4.09. The fraction of sp³-hybridized carbons (Fsp3) is 0.545. The smallest absolute Gasteiger partial charge is 0.119 e. The van der Waals surface area contributed by atoms with Gasteiger partial charge in [-0.1, -0.05) is 6.92 Å². The van der Waals surface area contributed by atoms with Gasteiger partial charge in [0.1, 0.15) is 6.10 Å². The second kappa shape index (κ2) is 5.73. The zero-order valence-corrected chi connectivity index (χ0v) is 8.73. The Labute approximate surface area is 84.7 Å². The van der Waals surface area contributed by atoms with Crippen LogP contribution in [-0.4, -0.2) is 23.3 Å². The maximum Gasteiger partial charge on any atom is 0.119 e. The molecule has 1 unspecified atom stereocenters. The molecule has 0 aliphatic rings. The topological polar surface area (TPSA) is 42.4 Å². The van der Waals surface area contributed by atoms with E-state index in [2.05, 4.69) is 4.98 Å². The third-order valence-corrected chi connectivity index (χ3v) is 1.90. The molecule has 1 atom stereocenters. The van der Waals surface area contributed by atoms with Crippen molar-refractivity contribution >= 4 is 0 Å². The summed E-state index contributed by atoms with van der Waals surface area (Å²) >= 11 is 0. The van der Waals surface area contributed by atoms with Gasteiger partial charge in [-0.05, 0) is 31.0 Å². The summed E-state index contributed by atoms with van der Waals surface area (Å²) in [6.07, 6.45) is 2.06. The molecule has 0 aliphatic heterocycles. The van der Waals surface area contributed by atoms with Gasteiger partial charge in [0.05, 0.1) is 12.3 Å². The van der Waals surface area contributed by atoms with Crippen molar-refractivity contribution in [3.63, 3.8) is 0 Å². The third-order valence-electron chi connectivity index (χ3n) is 1.90. The summed E-state index contributed by atoms with van der Waals surface area (Å²) in [5, 5.41) is 9.68. The van der Waals surface area contributed by atoms with E-state index in [0.29, 0.717) is 18.9 Å². The van der Waals surface area contributed by atoms with Gasteiger partial charge in [-0.15, -0.1) is 0 Å². The summed E-state index contributed by atoms with van der Waals surface area (Å²) < 4.78 is 5.25. The third kappa shape index (κ3) is 3.44. The number of hydrogen-bond donors (Lipinski definition) is 1. The molecule has 0 radical (unpaired) electrons. The molecule has 0 saturated heterocycles. The van der Waals surface area contributed by atoms with E-state index >= 15 is 0 Å². The lowest BCUT2D eigenvalue weighted by Gasteiger charge is -2.10. The van der Waals surface area contributed by atoms with Gasteiger partial charge in [-0.25, -0.2) is 0 Å². The van der Waals surface area contributed by atoms with Crippen LogP contribution in [0.25, 0.3) is 0 Å². The van der Waals surface area contributed by atoms with Gasteiger partial charge in [0.15, 0.2) is 0 Å². The van der Waals surface area contributed by atoms with Crippen molar-refractivity contribution in [3.8, 4) is 0 Å². The van der Waals surface area contributed by atoms with E-state index in [0.717, 1.165) is 12.0 Å². The fourth-order valence-corrected chi connectivity index (χ4v) is 1.17. The van der Waals surface area contributed by atoms with Crippen LogP contribution in [0.15, 0.2) is 18.3 Å². The van der Waals surface area contributed by atoms with Crippen LogP contribution in [0.2, 0.25) is 0 Å². The Hall–Kier alpha value is -0.930. The standard InChI is InChI=1S/C11H17NO2/c1-3-6-14-8-11(13)10-7-9(2)4-5-12-10/h4-5,7,11,13H,3,6,8H2,1-2H3. The van der Waals surface area contributed by atoms with E-state index in [4.69, 9.17) is 4.74 Å². The lowest BCUT2D eigenvalue weighted by molar-refractivity contribution is 0.0342. The van der Waals surface area contributed by atoms with Gasteiger partial charge in [0.25, 0.3) is 0 Å². The molecule has 1 aromatic rings. The van der Waals surface area contributed by atoms with Crippen molar-refractivity contribution in [1.29, 1.82) is 0 Å². The van der Waals surface area contributed by atoms with Crippen LogP contribution in [0, 0.1) is 6.92 Å². The van der Waals surface area contributed by atoms with Crippen molar-refractivity contribution in [1.82, 2.24) is 4.98 Å². The summed E-state index contributed by atoms with van der Waals surface area (Å²) in [7, 11) is 0. The van der Waals surface area contributed by atoms with Gasteiger partial charge >= 0.3 is 0 Å². The summed E-state index contributed by atoms with van der Waals surface area (Å²) in [6, 6.07) is 3.78. The van der Waals surface area contributed by atoms with Crippen LogP contribution in [0.5, 0.6) is 0 Å². The van der Waals surface area contributed by atoms with Crippen molar-refractivity contribution in [3.05, 3.63) is 29.6 Å². The highest BCUT2D eigenvalue weighted by atomic mass is 16.5. The number of ether oxygens (including phenoxy) is 1. The Balaban J connectivity index is 2.47. The van der Waals surface area contributed by atoms with E-state index in [1.165, 1.54) is 0 Å². The molecule has 1 heterocycles. The molecule has 1 N–H and O–H groups in total. The van der Waals surface area contributed by atoms with Crippen molar-refractivity contribution in [2.24, 2.45) is 0 Å². The molecule has 3 nitrogen and oxygen atoms in total. The summed E-state index contributed by atoms with van der Waals surface area (Å²) in [5.41, 5.74) is 1.78. The second-order valence-corrected chi connectivity index (χ2v) is 3.35. The number of pyridine rings is 1. The molecule has 0 fully saturated rings. The fourth-order valence-electron chi connectivity index (χ4n) is 1.17. The van der Waals surface area contributed by atoms with Gasteiger partial charge in [0, 0.05) is 12.8 Å². The maximum atomic E-state index is 9.68. The Bertz CT molecular complexity index is 276. The molecule has 0 saturated carbocycles. The molecule has 14 heavy (non-hydrogen) atoms. The van der Waals surface area contributed by atoms with Crippen molar-refractivity contribution in [2.75, 3.05) is 13.2 Å². The highest BCUT2D eigenvalue weighted by Gasteiger charge is 2.08. The first-order chi connectivity index (χ1) is 6.74. The van der Waals surface area contributed by atoms with E-state index in [1.807, 2.05) is 26.0 Å². The van der Waals surface area contributed by atoms with Gasteiger partial charge in [-0.2, -0.15) is 0 Å². The van der Waals surface area contributed by atoms with Crippen LogP contribution in [0.4, 0.5) is 0 Å². The highest BCUT2D eigenvalue weighted by Crippen LogP contribution is 2.11. The number of aliphatic hydroxyl groups excluding tert-OH is 1. The zero-order valence-electron chi connectivity index (χ0n) is 8.73. The molecular formula is C11H17NO2. The molecule has 0 amide bonds. The minimum Gasteiger partial charge on any atom is -0.384 e. The number of hydrogen-bond acceptors (Lipinski definition) is 3. The monoisotopic (exact) mass is 195 g/mol. The van der Waals surface area contributed by atoms with Crippen molar-refractivity contribution in [2.45, 2.75) is 26.4 Å². The van der Waals surface area contributed by atoms with E-state index in [1.54, 1.807) is 6.20 Å². The predicted octanol–water partition coefficient (Wildman–Crippen LogP) is 1.85. The van der Waals surface area contributed by atoms with E-state index in [9.17, 15) is 5.11 Å². The Morgan fingerprint density at radius 1 is 1.57 bits per heavy atom. The average molecular weight is 195 g/mol. The van der Waals surface area contributed by atoms with Crippen molar-refractivity contribution < 1.29 is 9.84 Å².